The number of halogens is 2. The van der Waals surface area contributed by atoms with Crippen LogP contribution < -0.4 is 0 Å². The zero-order chi connectivity index (χ0) is 14.4. The van der Waals surface area contributed by atoms with Crippen LogP contribution in [0.1, 0.15) is 23.7 Å². The van der Waals surface area contributed by atoms with E-state index in [1.165, 1.54) is 30.2 Å². The molecule has 0 aliphatic rings. The lowest BCUT2D eigenvalue weighted by Gasteiger charge is -2.21. The maximum absolute atomic E-state index is 13.4. The van der Waals surface area contributed by atoms with Gasteiger partial charge < -0.3 is 9.64 Å². The number of carbonyl (C=O) groups excluding carboxylic acids is 2. The van der Waals surface area contributed by atoms with Crippen LogP contribution >= 0.6 is 15.9 Å². The van der Waals surface area contributed by atoms with Gasteiger partial charge in [0.1, 0.15) is 5.82 Å². The first kappa shape index (κ1) is 15.6. The van der Waals surface area contributed by atoms with E-state index in [-0.39, 0.29) is 34.9 Å². The molecule has 1 amide bonds. The Morgan fingerprint density at radius 3 is 2.68 bits per heavy atom. The summed E-state index contributed by atoms with van der Waals surface area (Å²) in [5.41, 5.74) is 0.242. The summed E-state index contributed by atoms with van der Waals surface area (Å²) in [7, 11) is 1.30. The van der Waals surface area contributed by atoms with Gasteiger partial charge in [0.25, 0.3) is 5.91 Å². The molecule has 0 spiro atoms. The molecule has 0 fully saturated rings. The Hall–Kier alpha value is -1.43. The molecule has 0 saturated carbocycles. The van der Waals surface area contributed by atoms with Gasteiger partial charge in [-0.3, -0.25) is 9.59 Å². The van der Waals surface area contributed by atoms with E-state index in [9.17, 15) is 14.0 Å². The minimum absolute atomic E-state index is 0.114. The summed E-state index contributed by atoms with van der Waals surface area (Å²) >= 11 is 3.06. The fraction of sp³-hybridized carbons (Fsp3) is 0.385. The number of ether oxygens (including phenoxy) is 1. The molecule has 4 nitrogen and oxygen atoms in total. The largest absolute Gasteiger partial charge is 0.469 e. The van der Waals surface area contributed by atoms with Gasteiger partial charge in [0, 0.05) is 13.1 Å². The minimum atomic E-state index is -0.491. The van der Waals surface area contributed by atoms with Crippen LogP contribution in [0.5, 0.6) is 0 Å². The predicted octanol–water partition coefficient (Wildman–Crippen LogP) is 2.61. The fourth-order valence-electron chi connectivity index (χ4n) is 1.57. The predicted molar refractivity (Wildman–Crippen MR) is 72.3 cm³/mol. The lowest BCUT2D eigenvalue weighted by Crippen LogP contribution is -2.33. The highest BCUT2D eigenvalue weighted by Crippen LogP contribution is 2.21. The standard InChI is InChI=1S/C13H15BrFNO3/c1-3-16(8-7-11(17)19-2)13(18)9-5-4-6-10(15)12(9)14/h4-6H,3,7-8H2,1-2H3. The molecule has 104 valence electrons. The lowest BCUT2D eigenvalue weighted by molar-refractivity contribution is -0.140. The third-order valence-electron chi connectivity index (χ3n) is 2.66. The molecule has 1 aromatic carbocycles. The molecular formula is C13H15BrFNO3. The third-order valence-corrected chi connectivity index (χ3v) is 3.47. The second-order valence-corrected chi connectivity index (χ2v) is 4.61. The average molecular weight is 332 g/mol. The fourth-order valence-corrected chi connectivity index (χ4v) is 2.00. The molecule has 6 heteroatoms. The summed E-state index contributed by atoms with van der Waals surface area (Å²) in [6, 6.07) is 4.28. The van der Waals surface area contributed by atoms with Gasteiger partial charge in [0.15, 0.2) is 0 Å². The van der Waals surface area contributed by atoms with E-state index in [0.29, 0.717) is 6.54 Å². The van der Waals surface area contributed by atoms with Crippen LogP contribution in [0, 0.1) is 5.82 Å². The molecule has 0 unspecified atom stereocenters. The van der Waals surface area contributed by atoms with E-state index in [2.05, 4.69) is 20.7 Å². The molecule has 1 rings (SSSR count). The van der Waals surface area contributed by atoms with E-state index < -0.39 is 5.82 Å². The van der Waals surface area contributed by atoms with Crippen LogP contribution in [-0.2, 0) is 9.53 Å². The van der Waals surface area contributed by atoms with Gasteiger partial charge in [-0.2, -0.15) is 0 Å². The monoisotopic (exact) mass is 331 g/mol. The highest BCUT2D eigenvalue weighted by atomic mass is 79.9. The minimum Gasteiger partial charge on any atom is -0.469 e. The Balaban J connectivity index is 2.84. The van der Waals surface area contributed by atoms with E-state index in [0.717, 1.165) is 0 Å². The molecule has 0 atom stereocenters. The van der Waals surface area contributed by atoms with Crippen molar-refractivity contribution in [2.45, 2.75) is 13.3 Å². The molecule has 0 N–H and O–H groups in total. The molecular weight excluding hydrogens is 317 g/mol. The van der Waals surface area contributed by atoms with Crippen LogP contribution in [0.4, 0.5) is 4.39 Å². The Morgan fingerprint density at radius 1 is 1.42 bits per heavy atom. The van der Waals surface area contributed by atoms with Crippen LogP contribution in [0.3, 0.4) is 0 Å². The van der Waals surface area contributed by atoms with Crippen LogP contribution in [-0.4, -0.2) is 37.0 Å². The molecule has 0 bridgehead atoms. The van der Waals surface area contributed by atoms with Crippen molar-refractivity contribution in [3.63, 3.8) is 0 Å². The van der Waals surface area contributed by atoms with Gasteiger partial charge in [-0.25, -0.2) is 4.39 Å². The number of methoxy groups -OCH3 is 1. The van der Waals surface area contributed by atoms with Crippen molar-refractivity contribution in [3.05, 3.63) is 34.1 Å². The summed E-state index contributed by atoms with van der Waals surface area (Å²) in [6.07, 6.45) is 0.114. The van der Waals surface area contributed by atoms with Gasteiger partial charge in [-0.15, -0.1) is 0 Å². The molecule has 19 heavy (non-hydrogen) atoms. The molecule has 0 aromatic heterocycles. The van der Waals surface area contributed by atoms with E-state index in [4.69, 9.17) is 0 Å². The highest BCUT2D eigenvalue weighted by molar-refractivity contribution is 9.10. The average Bonchev–Trinajstić information content (AvgIpc) is 2.41. The van der Waals surface area contributed by atoms with Crippen LogP contribution in [0.25, 0.3) is 0 Å². The van der Waals surface area contributed by atoms with E-state index in [1.54, 1.807) is 6.92 Å². The van der Waals surface area contributed by atoms with Crippen molar-refractivity contribution in [2.24, 2.45) is 0 Å². The van der Waals surface area contributed by atoms with Crippen molar-refractivity contribution in [1.82, 2.24) is 4.90 Å². The molecule has 1 aromatic rings. The molecule has 0 aliphatic carbocycles. The quantitative estimate of drug-likeness (QED) is 0.779. The maximum atomic E-state index is 13.4. The van der Waals surface area contributed by atoms with E-state index in [1.807, 2.05) is 0 Å². The Morgan fingerprint density at radius 2 is 2.11 bits per heavy atom. The van der Waals surface area contributed by atoms with Crippen LogP contribution in [0.2, 0.25) is 0 Å². The Kier molecular flexibility index (Phi) is 5.95. The zero-order valence-corrected chi connectivity index (χ0v) is 12.4. The van der Waals surface area contributed by atoms with Crippen molar-refractivity contribution < 1.29 is 18.7 Å². The summed E-state index contributed by atoms with van der Waals surface area (Å²) < 4.78 is 18.0. The van der Waals surface area contributed by atoms with Crippen molar-refractivity contribution >= 4 is 27.8 Å². The first-order chi connectivity index (χ1) is 9.01. The summed E-state index contributed by atoms with van der Waals surface area (Å²) in [5, 5.41) is 0. The molecule has 0 radical (unpaired) electrons. The molecule has 0 heterocycles. The number of hydrogen-bond acceptors (Lipinski definition) is 3. The number of carbonyl (C=O) groups is 2. The zero-order valence-electron chi connectivity index (χ0n) is 10.8. The van der Waals surface area contributed by atoms with Gasteiger partial charge in [-0.1, -0.05) is 6.07 Å². The van der Waals surface area contributed by atoms with Gasteiger partial charge in [0.2, 0.25) is 0 Å². The molecule has 0 saturated heterocycles. The number of amides is 1. The van der Waals surface area contributed by atoms with Crippen LogP contribution in [0.15, 0.2) is 22.7 Å². The normalized spacial score (nSPS) is 10.1. The smallest absolute Gasteiger partial charge is 0.307 e. The lowest BCUT2D eigenvalue weighted by atomic mass is 10.2. The second-order valence-electron chi connectivity index (χ2n) is 3.81. The van der Waals surface area contributed by atoms with Crippen molar-refractivity contribution in [1.29, 1.82) is 0 Å². The summed E-state index contributed by atoms with van der Waals surface area (Å²) in [5.74, 6) is -1.20. The first-order valence-corrected chi connectivity index (χ1v) is 6.60. The van der Waals surface area contributed by atoms with Crippen molar-refractivity contribution in [3.8, 4) is 0 Å². The van der Waals surface area contributed by atoms with E-state index >= 15 is 0 Å². The van der Waals surface area contributed by atoms with Gasteiger partial charge >= 0.3 is 5.97 Å². The maximum Gasteiger partial charge on any atom is 0.307 e. The summed E-state index contributed by atoms with van der Waals surface area (Å²) in [4.78, 5) is 24.8. The Bertz CT molecular complexity index is 479. The molecule has 0 aliphatic heterocycles. The Labute approximate surface area is 119 Å². The number of hydrogen-bond donors (Lipinski definition) is 0. The SMILES string of the molecule is CCN(CCC(=O)OC)C(=O)c1cccc(F)c1Br. The van der Waals surface area contributed by atoms with Gasteiger partial charge in [-0.05, 0) is 35.0 Å². The topological polar surface area (TPSA) is 46.6 Å². The number of nitrogens with zero attached hydrogens (tertiary/aromatic N) is 1. The van der Waals surface area contributed by atoms with Crippen molar-refractivity contribution in [2.75, 3.05) is 20.2 Å². The second kappa shape index (κ2) is 7.23. The number of benzene rings is 1. The number of rotatable bonds is 5. The van der Waals surface area contributed by atoms with Gasteiger partial charge in [0.05, 0.1) is 23.6 Å². The highest BCUT2D eigenvalue weighted by Gasteiger charge is 2.19. The summed E-state index contributed by atoms with van der Waals surface area (Å²) in [6.45, 7) is 2.46. The first-order valence-electron chi connectivity index (χ1n) is 5.81. The number of esters is 1. The third kappa shape index (κ3) is 4.02.